The van der Waals surface area contributed by atoms with E-state index in [0.717, 1.165) is 41.0 Å². The fourth-order valence-electron chi connectivity index (χ4n) is 4.10. The molecule has 1 aliphatic rings. The lowest BCUT2D eigenvalue weighted by Crippen LogP contribution is -2.46. The van der Waals surface area contributed by atoms with Gasteiger partial charge in [-0.1, -0.05) is 50.2 Å². The van der Waals surface area contributed by atoms with E-state index in [1.807, 2.05) is 31.2 Å². The van der Waals surface area contributed by atoms with E-state index in [2.05, 4.69) is 55.5 Å². The number of hydrogen-bond acceptors (Lipinski definition) is 5. The Kier molecular flexibility index (Phi) is 7.01. The molecule has 2 heterocycles. The molecule has 0 saturated carbocycles. The molecule has 7 nitrogen and oxygen atoms in total. The number of amides is 2. The molecule has 0 aliphatic carbocycles. The number of hydrogen-bond donors (Lipinski definition) is 1. The Bertz CT molecular complexity index is 1160. The van der Waals surface area contributed by atoms with Crippen LogP contribution in [0.2, 0.25) is 0 Å². The van der Waals surface area contributed by atoms with Crippen molar-refractivity contribution >= 4 is 11.6 Å². The molecule has 1 N–H and O–H groups in total. The first kappa shape index (κ1) is 23.5. The van der Waals surface area contributed by atoms with Gasteiger partial charge in [0.25, 0.3) is 5.89 Å². The van der Waals surface area contributed by atoms with Crippen LogP contribution in [0.1, 0.15) is 57.2 Å². The van der Waals surface area contributed by atoms with Crippen LogP contribution in [-0.4, -0.2) is 34.7 Å². The number of aryl methyl sites for hydroxylation is 1. The Morgan fingerprint density at radius 1 is 1.12 bits per heavy atom. The number of nitrogens with one attached hydrogen (secondary N) is 1. The van der Waals surface area contributed by atoms with Gasteiger partial charge in [0.15, 0.2) is 0 Å². The maximum absolute atomic E-state index is 13.1. The number of allylic oxidation sites excluding steroid dienone is 1. The Morgan fingerprint density at radius 2 is 1.82 bits per heavy atom. The largest absolute Gasteiger partial charge is 0.497 e. The number of methoxy groups -OCH3 is 1. The molecular weight excluding hydrogens is 428 g/mol. The predicted octanol–water partition coefficient (Wildman–Crippen LogP) is 5.85. The van der Waals surface area contributed by atoms with Crippen molar-refractivity contribution in [2.45, 2.75) is 46.6 Å². The van der Waals surface area contributed by atoms with Gasteiger partial charge in [0.2, 0.25) is 5.82 Å². The van der Waals surface area contributed by atoms with Crippen molar-refractivity contribution in [1.29, 1.82) is 0 Å². The molecule has 2 aromatic carbocycles. The summed E-state index contributed by atoms with van der Waals surface area (Å²) in [6.45, 7) is 9.01. The second-order valence-electron chi connectivity index (χ2n) is 8.96. The Balaban J connectivity index is 1.75. The summed E-state index contributed by atoms with van der Waals surface area (Å²) in [4.78, 5) is 19.6. The summed E-state index contributed by atoms with van der Waals surface area (Å²) in [5.41, 5.74) is 4.70. The van der Waals surface area contributed by atoms with Gasteiger partial charge in [-0.3, -0.25) is 4.90 Å². The lowest BCUT2D eigenvalue weighted by molar-refractivity contribution is 0.202. The van der Waals surface area contributed by atoms with Crippen LogP contribution in [0, 0.1) is 5.92 Å². The quantitative estimate of drug-likeness (QED) is 0.456. The summed E-state index contributed by atoms with van der Waals surface area (Å²) in [6.07, 6.45) is 1.85. The van der Waals surface area contributed by atoms with E-state index in [-0.39, 0.29) is 12.1 Å². The molecule has 178 valence electrons. The van der Waals surface area contributed by atoms with Gasteiger partial charge >= 0.3 is 6.03 Å². The molecule has 1 unspecified atom stereocenters. The third-order valence-electron chi connectivity index (χ3n) is 6.25. The first-order chi connectivity index (χ1) is 16.4. The molecule has 7 heteroatoms. The minimum absolute atomic E-state index is 0.110. The molecule has 1 aromatic heterocycles. The number of carbonyl (C=O) groups is 1. The molecule has 0 fully saturated rings. The first-order valence-electron chi connectivity index (χ1n) is 11.8. The van der Waals surface area contributed by atoms with Crippen LogP contribution in [0.5, 0.6) is 5.75 Å². The molecule has 0 bridgehead atoms. The minimum atomic E-state index is -0.377. The van der Waals surface area contributed by atoms with E-state index in [1.165, 1.54) is 5.56 Å². The Morgan fingerprint density at radius 3 is 2.44 bits per heavy atom. The summed E-state index contributed by atoms with van der Waals surface area (Å²) < 4.78 is 11.0. The van der Waals surface area contributed by atoms with Crippen LogP contribution in [0.3, 0.4) is 0 Å². The third kappa shape index (κ3) is 4.83. The molecule has 0 radical (unpaired) electrons. The number of rotatable bonds is 8. The maximum Gasteiger partial charge on any atom is 0.322 e. The molecule has 0 saturated heterocycles. The van der Waals surface area contributed by atoms with Gasteiger partial charge in [0.1, 0.15) is 5.75 Å². The minimum Gasteiger partial charge on any atom is -0.497 e. The zero-order chi connectivity index (χ0) is 24.2. The van der Waals surface area contributed by atoms with E-state index < -0.39 is 0 Å². The average Bonchev–Trinajstić information content (AvgIpc) is 3.33. The third-order valence-corrected chi connectivity index (χ3v) is 6.25. The lowest BCUT2D eigenvalue weighted by atomic mass is 9.93. The fraction of sp³-hybridized carbons (Fsp3) is 0.370. The van der Waals surface area contributed by atoms with Gasteiger partial charge in [0.05, 0.1) is 18.7 Å². The van der Waals surface area contributed by atoms with Gasteiger partial charge in [-0.15, -0.1) is 0 Å². The van der Waals surface area contributed by atoms with Crippen molar-refractivity contribution in [2.24, 2.45) is 5.92 Å². The standard InChI is InChI=1S/C27H32N4O3/c1-6-19-7-9-20(10-8-19)24-23(18(4)31(27(32)28-24)16-15-17(2)3)26-29-25(30-34-26)21-11-13-22(33-5)14-12-21/h7-14,17,24H,6,15-16H2,1-5H3,(H,28,32). The number of benzene rings is 2. The first-order valence-corrected chi connectivity index (χ1v) is 11.8. The Hall–Kier alpha value is -3.61. The van der Waals surface area contributed by atoms with Crippen molar-refractivity contribution in [3.63, 3.8) is 0 Å². The number of urea groups is 1. The molecule has 34 heavy (non-hydrogen) atoms. The smallest absolute Gasteiger partial charge is 0.322 e. The SMILES string of the molecule is CCc1ccc(C2NC(=O)N(CCC(C)C)C(C)=C2c2nc(-c3ccc(OC)cc3)no2)cc1. The van der Waals surface area contributed by atoms with Gasteiger partial charge < -0.3 is 14.6 Å². The van der Waals surface area contributed by atoms with E-state index in [0.29, 0.717) is 24.2 Å². The zero-order valence-corrected chi connectivity index (χ0v) is 20.5. The number of aromatic nitrogens is 2. The molecule has 1 aliphatic heterocycles. The second kappa shape index (κ2) is 10.1. The van der Waals surface area contributed by atoms with Gasteiger partial charge in [-0.05, 0) is 61.1 Å². The van der Waals surface area contributed by atoms with Crippen LogP contribution < -0.4 is 10.1 Å². The zero-order valence-electron chi connectivity index (χ0n) is 20.5. The highest BCUT2D eigenvalue weighted by Gasteiger charge is 2.35. The number of nitrogens with zero attached hydrogens (tertiary/aromatic N) is 3. The van der Waals surface area contributed by atoms with Crippen molar-refractivity contribution in [1.82, 2.24) is 20.4 Å². The fourth-order valence-corrected chi connectivity index (χ4v) is 4.10. The molecule has 1 atom stereocenters. The van der Waals surface area contributed by atoms with Crippen molar-refractivity contribution in [3.05, 3.63) is 71.2 Å². The van der Waals surface area contributed by atoms with E-state index >= 15 is 0 Å². The maximum atomic E-state index is 13.1. The Labute approximate surface area is 200 Å². The van der Waals surface area contributed by atoms with Crippen LogP contribution in [0.15, 0.2) is 58.8 Å². The van der Waals surface area contributed by atoms with E-state index in [1.54, 1.807) is 12.0 Å². The highest BCUT2D eigenvalue weighted by Crippen LogP contribution is 2.37. The molecule has 4 rings (SSSR count). The van der Waals surface area contributed by atoms with Crippen LogP contribution in [0.4, 0.5) is 4.79 Å². The van der Waals surface area contributed by atoms with Crippen molar-refractivity contribution in [3.8, 4) is 17.1 Å². The van der Waals surface area contributed by atoms with Crippen molar-refractivity contribution < 1.29 is 14.1 Å². The topological polar surface area (TPSA) is 80.5 Å². The summed E-state index contributed by atoms with van der Waals surface area (Å²) in [5.74, 6) is 2.14. The van der Waals surface area contributed by atoms with Crippen molar-refractivity contribution in [2.75, 3.05) is 13.7 Å². The number of carbonyl (C=O) groups excluding carboxylic acids is 1. The molecule has 0 spiro atoms. The summed E-state index contributed by atoms with van der Waals surface area (Å²) >= 11 is 0. The number of ether oxygens (including phenoxy) is 1. The predicted molar refractivity (Wildman–Crippen MR) is 132 cm³/mol. The van der Waals surface area contributed by atoms with Crippen LogP contribution >= 0.6 is 0 Å². The average molecular weight is 461 g/mol. The molecule has 2 amide bonds. The highest BCUT2D eigenvalue weighted by molar-refractivity contribution is 5.86. The van der Waals surface area contributed by atoms with E-state index in [9.17, 15) is 4.79 Å². The van der Waals surface area contributed by atoms with Gasteiger partial charge in [-0.25, -0.2) is 4.79 Å². The van der Waals surface area contributed by atoms with E-state index in [4.69, 9.17) is 14.2 Å². The van der Waals surface area contributed by atoms with Gasteiger partial charge in [0, 0.05) is 17.8 Å². The molecule has 3 aromatic rings. The van der Waals surface area contributed by atoms with Gasteiger partial charge in [-0.2, -0.15) is 4.98 Å². The molecular formula is C27H32N4O3. The summed E-state index contributed by atoms with van der Waals surface area (Å²) in [5, 5.41) is 7.40. The van der Waals surface area contributed by atoms with Crippen LogP contribution in [0.25, 0.3) is 17.0 Å². The summed E-state index contributed by atoms with van der Waals surface area (Å²) in [6, 6.07) is 15.3. The second-order valence-corrected chi connectivity index (χ2v) is 8.96. The lowest BCUT2D eigenvalue weighted by Gasteiger charge is -2.35. The van der Waals surface area contributed by atoms with Crippen LogP contribution in [-0.2, 0) is 6.42 Å². The highest BCUT2D eigenvalue weighted by atomic mass is 16.5. The summed E-state index contributed by atoms with van der Waals surface area (Å²) in [7, 11) is 1.63. The normalized spacial score (nSPS) is 16.2. The monoisotopic (exact) mass is 460 g/mol.